The van der Waals surface area contributed by atoms with E-state index in [4.69, 9.17) is 23.1 Å². The molecular weight excluding hydrogens is 637 g/mol. The summed E-state index contributed by atoms with van der Waals surface area (Å²) < 4.78 is 30.8. The van der Waals surface area contributed by atoms with Gasteiger partial charge in [-0.05, 0) is 99.6 Å². The molecule has 0 spiro atoms. The summed E-state index contributed by atoms with van der Waals surface area (Å²) in [6.45, 7) is 28.4. The van der Waals surface area contributed by atoms with E-state index in [0.29, 0.717) is 31.4 Å². The van der Waals surface area contributed by atoms with E-state index in [1.54, 1.807) is 21.0 Å². The number of rotatable bonds is 16. The number of methoxy groups -OCH3 is 2. The molecule has 0 heterocycles. The van der Waals surface area contributed by atoms with Crippen LogP contribution >= 0.6 is 0 Å². The van der Waals surface area contributed by atoms with E-state index < -0.39 is 40.4 Å². The fraction of sp³-hybridized carbons (Fsp3) is 0.615. The summed E-state index contributed by atoms with van der Waals surface area (Å²) in [6.07, 6.45) is 2.33. The van der Waals surface area contributed by atoms with Crippen LogP contribution in [0.5, 0.6) is 11.5 Å². The molecule has 48 heavy (non-hydrogen) atoms. The number of benzene rings is 2. The molecule has 0 saturated heterocycles. The van der Waals surface area contributed by atoms with Crippen molar-refractivity contribution in [1.82, 2.24) is 0 Å². The molecule has 0 aliphatic heterocycles. The molecule has 0 fully saturated rings. The van der Waals surface area contributed by atoms with Gasteiger partial charge in [-0.3, -0.25) is 0 Å². The first-order valence-electron chi connectivity index (χ1n) is 17.1. The predicted molar refractivity (Wildman–Crippen MR) is 202 cm³/mol. The van der Waals surface area contributed by atoms with Crippen LogP contribution in [0.2, 0.25) is 36.3 Å². The van der Waals surface area contributed by atoms with Crippen molar-refractivity contribution in [2.45, 2.75) is 142 Å². The van der Waals surface area contributed by atoms with E-state index in [-0.39, 0.29) is 10.1 Å². The normalized spacial score (nSPS) is 14.8. The minimum absolute atomic E-state index is 0.0109. The highest BCUT2D eigenvalue weighted by molar-refractivity contribution is 6.75. The fourth-order valence-corrected chi connectivity index (χ4v) is 6.62. The van der Waals surface area contributed by atoms with E-state index in [2.05, 4.69) is 92.9 Å². The van der Waals surface area contributed by atoms with Crippen LogP contribution in [0.1, 0.15) is 97.9 Å². The Morgan fingerprint density at radius 2 is 1.48 bits per heavy atom. The zero-order valence-electron chi connectivity index (χ0n) is 32.5. The average molecular weight is 701 g/mol. The molecule has 1 N–H and O–H groups in total. The van der Waals surface area contributed by atoms with Gasteiger partial charge < -0.3 is 28.2 Å². The number of carbonyl (C=O) groups excluding carboxylic acids is 1. The SMILES string of the molecule is COc1cc(CO[Si](C)(C)C(C)(C)C)cc(C/C=C(\C)CC[C@H](OC(=O)[C@@H](OC)c2ccccc2)C(C)(C)O)c1O[Si](C)(C)C(C)(C)C. The van der Waals surface area contributed by atoms with E-state index in [1.165, 1.54) is 7.11 Å². The van der Waals surface area contributed by atoms with E-state index in [9.17, 15) is 9.90 Å². The average Bonchev–Trinajstić information content (AvgIpc) is 2.96. The summed E-state index contributed by atoms with van der Waals surface area (Å²) in [7, 11) is -0.973. The summed E-state index contributed by atoms with van der Waals surface area (Å²) in [5, 5.41) is 11.1. The van der Waals surface area contributed by atoms with E-state index >= 15 is 0 Å². The van der Waals surface area contributed by atoms with Crippen molar-refractivity contribution in [2.24, 2.45) is 0 Å². The third-order valence-electron chi connectivity index (χ3n) is 10.1. The van der Waals surface area contributed by atoms with Gasteiger partial charge in [0.1, 0.15) is 11.9 Å². The highest BCUT2D eigenvalue weighted by Gasteiger charge is 2.41. The fourth-order valence-electron chi connectivity index (χ4n) is 4.61. The first kappa shape index (κ1) is 41.7. The van der Waals surface area contributed by atoms with Gasteiger partial charge in [0, 0.05) is 12.7 Å². The molecule has 2 aromatic rings. The van der Waals surface area contributed by atoms with Crippen LogP contribution in [0, 0.1) is 0 Å². The molecule has 2 rings (SSSR count). The van der Waals surface area contributed by atoms with Gasteiger partial charge >= 0.3 is 5.97 Å². The first-order valence-corrected chi connectivity index (χ1v) is 22.9. The van der Waals surface area contributed by atoms with Gasteiger partial charge in [0.15, 0.2) is 20.2 Å². The van der Waals surface area contributed by atoms with Crippen LogP contribution in [-0.4, -0.2) is 53.6 Å². The summed E-state index contributed by atoms with van der Waals surface area (Å²) >= 11 is 0. The Hall–Kier alpha value is -2.44. The van der Waals surface area contributed by atoms with Crippen molar-refractivity contribution in [3.8, 4) is 11.5 Å². The maximum absolute atomic E-state index is 13.2. The molecule has 0 bridgehead atoms. The van der Waals surface area contributed by atoms with Crippen LogP contribution in [-0.2, 0) is 31.7 Å². The van der Waals surface area contributed by atoms with Crippen molar-refractivity contribution in [2.75, 3.05) is 14.2 Å². The molecule has 9 heteroatoms. The molecule has 0 aliphatic rings. The lowest BCUT2D eigenvalue weighted by atomic mass is 9.94. The van der Waals surface area contributed by atoms with Crippen molar-refractivity contribution in [1.29, 1.82) is 0 Å². The van der Waals surface area contributed by atoms with Crippen LogP contribution < -0.4 is 9.16 Å². The molecule has 0 aromatic heterocycles. The number of hydrogen-bond donors (Lipinski definition) is 1. The summed E-state index contributed by atoms with van der Waals surface area (Å²) in [4.78, 5) is 13.2. The molecular formula is C39H64O7Si2. The Morgan fingerprint density at radius 3 is 1.98 bits per heavy atom. The van der Waals surface area contributed by atoms with Gasteiger partial charge in [0.2, 0.25) is 0 Å². The Kier molecular flexibility index (Phi) is 14.4. The van der Waals surface area contributed by atoms with Crippen LogP contribution in [0.15, 0.2) is 54.1 Å². The minimum Gasteiger partial charge on any atom is -0.541 e. The second-order valence-corrected chi connectivity index (χ2v) is 26.1. The lowest BCUT2D eigenvalue weighted by Gasteiger charge is -2.38. The molecule has 2 aromatic carbocycles. The van der Waals surface area contributed by atoms with Crippen molar-refractivity contribution in [3.05, 3.63) is 70.8 Å². The molecule has 270 valence electrons. The highest BCUT2D eigenvalue weighted by Crippen LogP contribution is 2.43. The van der Waals surface area contributed by atoms with Gasteiger partial charge in [-0.15, -0.1) is 0 Å². The Labute approximate surface area is 293 Å². The molecule has 0 saturated carbocycles. The number of esters is 1. The number of carbonyl (C=O) groups is 1. The number of hydrogen-bond acceptors (Lipinski definition) is 7. The zero-order valence-corrected chi connectivity index (χ0v) is 34.5. The molecule has 2 atom stereocenters. The molecule has 0 unspecified atom stereocenters. The smallest absolute Gasteiger partial charge is 0.340 e. The van der Waals surface area contributed by atoms with Crippen molar-refractivity contribution in [3.63, 3.8) is 0 Å². The maximum atomic E-state index is 13.2. The highest BCUT2D eigenvalue weighted by atomic mass is 28.4. The zero-order chi connectivity index (χ0) is 36.7. The largest absolute Gasteiger partial charge is 0.541 e. The van der Waals surface area contributed by atoms with Gasteiger partial charge in [-0.2, -0.15) is 0 Å². The third-order valence-corrected chi connectivity index (χ3v) is 18.9. The van der Waals surface area contributed by atoms with Crippen LogP contribution in [0.4, 0.5) is 0 Å². The lowest BCUT2D eigenvalue weighted by Crippen LogP contribution is -2.44. The first-order chi connectivity index (χ1) is 21.9. The summed E-state index contributed by atoms with van der Waals surface area (Å²) in [5.41, 5.74) is 2.69. The second kappa shape index (κ2) is 16.5. The second-order valence-electron chi connectivity index (χ2n) is 16.6. The minimum atomic E-state index is -2.19. The molecule has 0 aliphatic carbocycles. The van der Waals surface area contributed by atoms with Crippen LogP contribution in [0.25, 0.3) is 0 Å². The number of allylic oxidation sites excluding steroid dienone is 2. The number of aliphatic hydroxyl groups is 1. The third kappa shape index (κ3) is 11.6. The quantitative estimate of drug-likeness (QED) is 0.106. The van der Waals surface area contributed by atoms with E-state index in [0.717, 1.165) is 28.2 Å². The Morgan fingerprint density at radius 1 is 0.896 bits per heavy atom. The van der Waals surface area contributed by atoms with Crippen LogP contribution in [0.3, 0.4) is 0 Å². The predicted octanol–water partition coefficient (Wildman–Crippen LogP) is 9.94. The Bertz CT molecular complexity index is 1360. The monoisotopic (exact) mass is 700 g/mol. The van der Waals surface area contributed by atoms with E-state index in [1.807, 2.05) is 30.3 Å². The molecule has 0 amide bonds. The molecule has 7 nitrogen and oxygen atoms in total. The Balaban J connectivity index is 2.37. The maximum Gasteiger partial charge on any atom is 0.340 e. The lowest BCUT2D eigenvalue weighted by molar-refractivity contribution is -0.174. The van der Waals surface area contributed by atoms with Gasteiger partial charge in [0.05, 0.1) is 19.3 Å². The van der Waals surface area contributed by atoms with Gasteiger partial charge in [0.25, 0.3) is 8.32 Å². The standard InChI is InChI=1S/C39H64O7Si2/c1-28(22-24-33(39(8,9)41)45-36(40)35(43-11)30-19-17-16-18-20-30)21-23-31-25-29(27-44-47(12,13)37(2,3)4)26-32(42-10)34(31)46-48(14,15)38(5,6)7/h16-21,25-26,33,35,41H,22-24,27H2,1-15H3/b28-21+/t33-,35-/m0/s1. The van der Waals surface area contributed by atoms with Crippen molar-refractivity contribution >= 4 is 22.6 Å². The van der Waals surface area contributed by atoms with Gasteiger partial charge in [-0.25, -0.2) is 4.79 Å². The number of ether oxygens (including phenoxy) is 3. The summed E-state index contributed by atoms with van der Waals surface area (Å²) in [5.74, 6) is 0.991. The van der Waals surface area contributed by atoms with Crippen molar-refractivity contribution < 1.29 is 33.0 Å². The molecule has 0 radical (unpaired) electrons. The summed E-state index contributed by atoms with van der Waals surface area (Å²) in [6, 6.07) is 13.5. The topological polar surface area (TPSA) is 83.5 Å². The van der Waals surface area contributed by atoms with Gasteiger partial charge in [-0.1, -0.05) is 83.5 Å².